The van der Waals surface area contributed by atoms with Crippen LogP contribution in [0.2, 0.25) is 0 Å². The molecule has 0 radical (unpaired) electrons. The molecule has 16 heteroatoms. The lowest BCUT2D eigenvalue weighted by Gasteiger charge is -2.20. The molecule has 0 fully saturated rings. The van der Waals surface area contributed by atoms with Gasteiger partial charge < -0.3 is 20.1 Å². The quantitative estimate of drug-likeness (QED) is 0.0545. The summed E-state index contributed by atoms with van der Waals surface area (Å²) in [5.41, 5.74) is 2.48. The molecular weight excluding hydrogens is 837 g/mol. The number of benzene rings is 5. The molecule has 334 valence electrons. The van der Waals surface area contributed by atoms with Crippen LogP contribution in [-0.2, 0) is 13.2 Å². The molecule has 0 spiro atoms. The van der Waals surface area contributed by atoms with Gasteiger partial charge in [-0.3, -0.25) is 19.2 Å². The molecule has 0 aliphatic rings. The molecule has 0 aliphatic heterocycles. The number of rotatable bonds is 20. The predicted octanol–water partition coefficient (Wildman–Crippen LogP) is 8.61. The van der Waals surface area contributed by atoms with Gasteiger partial charge in [0.1, 0.15) is 13.2 Å². The van der Waals surface area contributed by atoms with Gasteiger partial charge in [-0.05, 0) is 78.6 Å². The summed E-state index contributed by atoms with van der Waals surface area (Å²) in [5, 5.41) is 6.33. The highest BCUT2D eigenvalue weighted by molar-refractivity contribution is 6.25. The van der Waals surface area contributed by atoms with Crippen LogP contribution in [0.4, 0.5) is 23.8 Å². The van der Waals surface area contributed by atoms with Crippen molar-refractivity contribution >= 4 is 47.4 Å². The maximum atomic E-state index is 14.0. The van der Waals surface area contributed by atoms with Gasteiger partial charge in [0.25, 0.3) is 23.6 Å². The first-order chi connectivity index (χ1) is 32.3. The summed E-state index contributed by atoms with van der Waals surface area (Å²) in [6.07, 6.45) is 3.45. The average molecular weight is 885 g/mol. The molecular formula is C50H48N10O6. The van der Waals surface area contributed by atoms with E-state index in [0.29, 0.717) is 24.2 Å². The Morgan fingerprint density at radius 2 is 0.773 bits per heavy atom. The van der Waals surface area contributed by atoms with Crippen molar-refractivity contribution in [2.45, 2.75) is 52.7 Å². The summed E-state index contributed by atoms with van der Waals surface area (Å²) in [4.78, 5) is 84.8. The molecule has 2 heterocycles. The Hall–Kier alpha value is -8.40. The molecule has 0 bridgehead atoms. The maximum absolute atomic E-state index is 14.0. The lowest BCUT2D eigenvalue weighted by Crippen LogP contribution is -2.38. The number of ether oxygens (including phenoxy) is 2. The van der Waals surface area contributed by atoms with Crippen molar-refractivity contribution in [2.24, 2.45) is 0 Å². The average Bonchev–Trinajstić information content (AvgIpc) is 3.36. The van der Waals surface area contributed by atoms with Gasteiger partial charge >= 0.3 is 12.0 Å². The number of aromatic nitrogens is 6. The zero-order valence-electron chi connectivity index (χ0n) is 36.5. The topological polar surface area (TPSA) is 195 Å². The van der Waals surface area contributed by atoms with Gasteiger partial charge in [0, 0.05) is 35.3 Å². The minimum Gasteiger partial charge on any atom is -0.458 e. The molecule has 66 heavy (non-hydrogen) atoms. The molecule has 0 saturated heterocycles. The van der Waals surface area contributed by atoms with Crippen LogP contribution in [0.5, 0.6) is 12.0 Å². The lowest BCUT2D eigenvalue weighted by atomic mass is 10.1. The van der Waals surface area contributed by atoms with E-state index in [2.05, 4.69) is 54.4 Å². The summed E-state index contributed by atoms with van der Waals surface area (Å²) in [6, 6.07) is 40.8. The number of nitrogens with one attached hydrogen (secondary N) is 2. The van der Waals surface area contributed by atoms with E-state index >= 15 is 0 Å². The Morgan fingerprint density at radius 1 is 0.439 bits per heavy atom. The first-order valence-electron chi connectivity index (χ1n) is 21.6. The van der Waals surface area contributed by atoms with Gasteiger partial charge in [-0.25, -0.2) is 9.80 Å². The van der Waals surface area contributed by atoms with Gasteiger partial charge in [-0.15, -0.1) is 0 Å². The Morgan fingerprint density at radius 3 is 1.09 bits per heavy atom. The third kappa shape index (κ3) is 12.0. The fourth-order valence-corrected chi connectivity index (χ4v) is 6.42. The van der Waals surface area contributed by atoms with Crippen LogP contribution >= 0.6 is 0 Å². The zero-order chi connectivity index (χ0) is 46.1. The lowest BCUT2D eigenvalue weighted by molar-refractivity contribution is 0.0879. The largest absolute Gasteiger partial charge is 0.458 e. The molecule has 0 saturated carbocycles. The third-order valence-electron chi connectivity index (χ3n) is 9.86. The highest BCUT2D eigenvalue weighted by Crippen LogP contribution is 2.24. The van der Waals surface area contributed by atoms with E-state index in [0.717, 1.165) is 35.5 Å². The van der Waals surface area contributed by atoms with Gasteiger partial charge in [-0.1, -0.05) is 118 Å². The second-order valence-electron chi connectivity index (χ2n) is 14.8. The van der Waals surface area contributed by atoms with E-state index in [4.69, 9.17) is 9.47 Å². The smallest absolute Gasteiger partial charge is 0.323 e. The van der Waals surface area contributed by atoms with Crippen molar-refractivity contribution in [1.82, 2.24) is 29.9 Å². The van der Waals surface area contributed by atoms with Crippen molar-refractivity contribution in [1.29, 1.82) is 0 Å². The number of amides is 4. The summed E-state index contributed by atoms with van der Waals surface area (Å²) in [7, 11) is 0. The molecule has 2 aromatic heterocycles. The summed E-state index contributed by atoms with van der Waals surface area (Å²) < 4.78 is 12.3. The highest BCUT2D eigenvalue weighted by atomic mass is 16.5. The second kappa shape index (κ2) is 22.8. The molecule has 16 nitrogen and oxygen atoms in total. The second-order valence-corrected chi connectivity index (χ2v) is 14.8. The van der Waals surface area contributed by atoms with Crippen molar-refractivity contribution in [3.63, 3.8) is 0 Å². The normalized spacial score (nSPS) is 10.7. The van der Waals surface area contributed by atoms with Crippen LogP contribution in [0.1, 0.15) is 92.1 Å². The molecule has 7 aromatic rings. The number of hydrogen-bond donors (Lipinski definition) is 2. The third-order valence-corrected chi connectivity index (χ3v) is 9.86. The predicted molar refractivity (Wildman–Crippen MR) is 250 cm³/mol. The Bertz CT molecular complexity index is 2440. The minimum atomic E-state index is -0.624. The summed E-state index contributed by atoms with van der Waals surface area (Å²) >= 11 is 0. The van der Waals surface area contributed by atoms with Gasteiger partial charge in [0.2, 0.25) is 23.8 Å². The van der Waals surface area contributed by atoms with Crippen LogP contribution in [0, 0.1) is 0 Å². The molecule has 5 aromatic carbocycles. The Kier molecular flexibility index (Phi) is 15.8. The molecule has 0 aliphatic carbocycles. The van der Waals surface area contributed by atoms with Crippen LogP contribution in [0.25, 0.3) is 0 Å². The van der Waals surface area contributed by atoms with E-state index in [9.17, 15) is 19.2 Å². The van der Waals surface area contributed by atoms with Crippen molar-refractivity contribution in [3.05, 3.63) is 179 Å². The Balaban J connectivity index is 1.14. The number of carbonyl (C=O) groups is 4. The molecule has 0 unspecified atom stereocenters. The van der Waals surface area contributed by atoms with E-state index < -0.39 is 23.6 Å². The molecule has 0 atom stereocenters. The van der Waals surface area contributed by atoms with E-state index in [1.807, 2.05) is 24.3 Å². The summed E-state index contributed by atoms with van der Waals surface area (Å²) in [6.45, 7) is 5.15. The SMILES string of the molecule is CCCCNc1nc(OCc2cccc(COc3nc(NCCCC)nc(N(C(=O)c4ccccc4)C(=O)c4ccccc4)n3)c2)nc(N(C(=O)c2ccccc2)C(=O)c2ccccc2)n1. The number of carbonyl (C=O) groups excluding carboxylic acids is 4. The molecule has 4 amide bonds. The van der Waals surface area contributed by atoms with Crippen LogP contribution in [0.15, 0.2) is 146 Å². The highest BCUT2D eigenvalue weighted by Gasteiger charge is 2.31. The van der Waals surface area contributed by atoms with Gasteiger partial charge in [-0.2, -0.15) is 29.9 Å². The standard InChI is InChI=1S/C50H48N10O6/c1-3-5-30-51-45-53-47(59(41(61)37-22-11-7-12-23-37)42(62)38-24-13-8-14-25-38)57-49(55-45)65-33-35-20-19-21-36(32-35)34-66-50-56-46(52-31-6-4-2)54-48(58-50)60(43(63)39-26-15-9-16-27-39)44(64)40-28-17-10-18-29-40/h7-29,32H,3-6,30-31,33-34H2,1-2H3,(H,51,53,55,57)(H,52,54,56,58). The Labute approximate surface area is 382 Å². The molecule has 2 N–H and O–H groups in total. The van der Waals surface area contributed by atoms with E-state index in [1.54, 1.807) is 121 Å². The van der Waals surface area contributed by atoms with Crippen molar-refractivity contribution in [3.8, 4) is 12.0 Å². The van der Waals surface area contributed by atoms with Crippen LogP contribution < -0.4 is 29.9 Å². The number of imide groups is 2. The number of hydrogen-bond acceptors (Lipinski definition) is 14. The van der Waals surface area contributed by atoms with Gasteiger partial charge in [0.15, 0.2) is 0 Å². The zero-order valence-corrected chi connectivity index (χ0v) is 36.5. The van der Waals surface area contributed by atoms with Crippen LogP contribution in [0.3, 0.4) is 0 Å². The number of anilines is 4. The first-order valence-corrected chi connectivity index (χ1v) is 21.6. The number of nitrogens with zero attached hydrogens (tertiary/aromatic N) is 8. The first kappa shape index (κ1) is 45.6. The fourth-order valence-electron chi connectivity index (χ4n) is 6.42. The van der Waals surface area contributed by atoms with Crippen molar-refractivity contribution in [2.75, 3.05) is 33.5 Å². The summed E-state index contributed by atoms with van der Waals surface area (Å²) in [5.74, 6) is -2.65. The van der Waals surface area contributed by atoms with Gasteiger partial charge in [0.05, 0.1) is 0 Å². The monoisotopic (exact) mass is 884 g/mol. The fraction of sp³-hybridized carbons (Fsp3) is 0.200. The minimum absolute atomic E-state index is 0.00941. The van der Waals surface area contributed by atoms with E-state index in [1.165, 1.54) is 0 Å². The molecule has 7 rings (SSSR count). The maximum Gasteiger partial charge on any atom is 0.323 e. The van der Waals surface area contributed by atoms with Crippen molar-refractivity contribution < 1.29 is 28.7 Å². The van der Waals surface area contributed by atoms with E-state index in [-0.39, 0.29) is 71.3 Å². The van der Waals surface area contributed by atoms with Crippen LogP contribution in [-0.4, -0.2) is 66.6 Å². The number of unbranched alkanes of at least 4 members (excludes halogenated alkanes) is 2.